The molecule has 0 fully saturated rings. The molecule has 3 aromatic rings. The first-order valence-electron chi connectivity index (χ1n) is 8.50. The summed E-state index contributed by atoms with van der Waals surface area (Å²) in [4.78, 5) is 29.4. The number of halogens is 3. The van der Waals surface area contributed by atoms with Crippen LogP contribution in [0.25, 0.3) is 0 Å². The lowest BCUT2D eigenvalue weighted by Gasteiger charge is -2.20. The molecule has 0 amide bonds. The summed E-state index contributed by atoms with van der Waals surface area (Å²) in [5.74, 6) is -0.661. The van der Waals surface area contributed by atoms with Gasteiger partial charge in [-0.1, -0.05) is 0 Å². The SMILES string of the molecule is CN(c1ccc([N+](=O)[O-])cc1)c1ncc(C(F)(F)F)c(Nc2ccc([N+](=O)[O-])cc2)n1. The molecule has 2 aromatic carbocycles. The first-order chi connectivity index (χ1) is 14.6. The second-order valence-electron chi connectivity index (χ2n) is 6.19. The summed E-state index contributed by atoms with van der Waals surface area (Å²) in [6.45, 7) is 0. The lowest BCUT2D eigenvalue weighted by atomic mass is 10.2. The third-order valence-corrected chi connectivity index (χ3v) is 4.17. The number of aromatic nitrogens is 2. The topological polar surface area (TPSA) is 127 Å². The van der Waals surface area contributed by atoms with Gasteiger partial charge in [0.1, 0.15) is 11.4 Å². The highest BCUT2D eigenvalue weighted by Gasteiger charge is 2.35. The molecule has 0 bridgehead atoms. The maximum atomic E-state index is 13.4. The van der Waals surface area contributed by atoms with Crippen LogP contribution in [0.2, 0.25) is 0 Å². The van der Waals surface area contributed by atoms with Gasteiger partial charge in [-0.3, -0.25) is 20.2 Å². The Kier molecular flexibility index (Phi) is 5.68. The van der Waals surface area contributed by atoms with Crippen molar-refractivity contribution in [2.45, 2.75) is 6.18 Å². The molecule has 3 rings (SSSR count). The average molecular weight is 434 g/mol. The van der Waals surface area contributed by atoms with E-state index in [1.807, 2.05) is 0 Å². The molecule has 0 aliphatic rings. The molecule has 0 saturated carbocycles. The molecule has 0 aliphatic carbocycles. The fraction of sp³-hybridized carbons (Fsp3) is 0.111. The van der Waals surface area contributed by atoms with E-state index in [4.69, 9.17) is 0 Å². The van der Waals surface area contributed by atoms with E-state index in [9.17, 15) is 33.4 Å². The molecule has 0 unspecified atom stereocenters. The third kappa shape index (κ3) is 4.83. The summed E-state index contributed by atoms with van der Waals surface area (Å²) in [7, 11) is 1.49. The Morgan fingerprint density at radius 3 is 1.94 bits per heavy atom. The number of hydrogen-bond acceptors (Lipinski definition) is 8. The van der Waals surface area contributed by atoms with Crippen LogP contribution in [-0.4, -0.2) is 26.9 Å². The van der Waals surface area contributed by atoms with Crippen molar-refractivity contribution in [2.24, 2.45) is 0 Å². The highest BCUT2D eigenvalue weighted by Crippen LogP contribution is 2.36. The predicted molar refractivity (Wildman–Crippen MR) is 105 cm³/mol. The van der Waals surface area contributed by atoms with Crippen LogP contribution in [0.1, 0.15) is 5.56 Å². The van der Waals surface area contributed by atoms with Gasteiger partial charge in [0.25, 0.3) is 11.4 Å². The Morgan fingerprint density at radius 2 is 1.45 bits per heavy atom. The monoisotopic (exact) mass is 434 g/mol. The maximum Gasteiger partial charge on any atom is 0.421 e. The minimum atomic E-state index is -4.76. The Bertz CT molecular complexity index is 1120. The number of hydrogen-bond donors (Lipinski definition) is 1. The van der Waals surface area contributed by atoms with Gasteiger partial charge in [-0.25, -0.2) is 4.98 Å². The summed E-state index contributed by atoms with van der Waals surface area (Å²) in [6.07, 6.45) is -4.15. The molecule has 0 atom stereocenters. The van der Waals surface area contributed by atoms with Crippen LogP contribution in [0.4, 0.5) is 47.7 Å². The maximum absolute atomic E-state index is 13.4. The highest BCUT2D eigenvalue weighted by molar-refractivity contribution is 5.65. The van der Waals surface area contributed by atoms with Crippen LogP contribution >= 0.6 is 0 Å². The van der Waals surface area contributed by atoms with E-state index in [0.717, 1.165) is 12.1 Å². The predicted octanol–water partition coefficient (Wildman–Crippen LogP) is 4.82. The van der Waals surface area contributed by atoms with Gasteiger partial charge in [0.05, 0.1) is 9.85 Å². The molecule has 13 heteroatoms. The van der Waals surface area contributed by atoms with Crippen LogP contribution in [0.5, 0.6) is 0 Å². The number of nitrogens with zero attached hydrogens (tertiary/aromatic N) is 5. The van der Waals surface area contributed by atoms with Crippen molar-refractivity contribution in [3.63, 3.8) is 0 Å². The van der Waals surface area contributed by atoms with Crippen molar-refractivity contribution in [3.05, 3.63) is 80.5 Å². The Labute approximate surface area is 172 Å². The fourth-order valence-electron chi connectivity index (χ4n) is 2.55. The lowest BCUT2D eigenvalue weighted by molar-refractivity contribution is -0.385. The van der Waals surface area contributed by atoms with E-state index in [1.165, 1.54) is 48.3 Å². The molecule has 31 heavy (non-hydrogen) atoms. The van der Waals surface area contributed by atoms with E-state index < -0.39 is 27.4 Å². The number of alkyl halides is 3. The number of nitrogens with one attached hydrogen (secondary N) is 1. The molecule has 0 spiro atoms. The number of rotatable bonds is 6. The number of nitro groups is 2. The van der Waals surface area contributed by atoms with Gasteiger partial charge >= 0.3 is 6.18 Å². The summed E-state index contributed by atoms with van der Waals surface area (Å²) in [5, 5.41) is 24.0. The van der Waals surface area contributed by atoms with Crippen molar-refractivity contribution in [3.8, 4) is 0 Å². The van der Waals surface area contributed by atoms with Gasteiger partial charge in [0.2, 0.25) is 5.95 Å². The minimum absolute atomic E-state index is 0.105. The molecule has 1 N–H and O–H groups in total. The number of non-ortho nitro benzene ring substituents is 2. The van der Waals surface area contributed by atoms with Crippen molar-refractivity contribution in [1.29, 1.82) is 0 Å². The minimum Gasteiger partial charge on any atom is -0.340 e. The van der Waals surface area contributed by atoms with Crippen LogP contribution < -0.4 is 10.2 Å². The lowest BCUT2D eigenvalue weighted by Crippen LogP contribution is -2.17. The largest absolute Gasteiger partial charge is 0.421 e. The summed E-state index contributed by atoms with van der Waals surface area (Å²) < 4.78 is 40.2. The summed E-state index contributed by atoms with van der Waals surface area (Å²) in [5.41, 5.74) is -0.939. The number of anilines is 4. The highest BCUT2D eigenvalue weighted by atomic mass is 19.4. The molecule has 0 aliphatic heterocycles. The quantitative estimate of drug-likeness (QED) is 0.432. The Morgan fingerprint density at radius 1 is 0.935 bits per heavy atom. The first-order valence-corrected chi connectivity index (χ1v) is 8.50. The van der Waals surface area contributed by atoms with Crippen LogP contribution in [0.15, 0.2) is 54.7 Å². The third-order valence-electron chi connectivity index (χ3n) is 4.17. The van der Waals surface area contributed by atoms with Gasteiger partial charge in [0, 0.05) is 48.9 Å². The normalized spacial score (nSPS) is 11.1. The average Bonchev–Trinajstić information content (AvgIpc) is 2.73. The van der Waals surface area contributed by atoms with E-state index in [0.29, 0.717) is 11.9 Å². The van der Waals surface area contributed by atoms with Crippen LogP contribution in [0, 0.1) is 20.2 Å². The van der Waals surface area contributed by atoms with Gasteiger partial charge in [0.15, 0.2) is 0 Å². The molecule has 10 nitrogen and oxygen atoms in total. The second kappa shape index (κ2) is 8.22. The zero-order chi connectivity index (χ0) is 22.8. The molecular formula is C18H13F3N6O4. The Hall–Kier alpha value is -4.29. The molecule has 1 aromatic heterocycles. The molecule has 0 saturated heterocycles. The molecule has 160 valence electrons. The summed E-state index contributed by atoms with van der Waals surface area (Å²) in [6, 6.07) is 10.1. The van der Waals surface area contributed by atoms with Crippen molar-refractivity contribution in [2.75, 3.05) is 17.3 Å². The smallest absolute Gasteiger partial charge is 0.340 e. The fourth-order valence-corrected chi connectivity index (χ4v) is 2.55. The van der Waals surface area contributed by atoms with Gasteiger partial charge in [-0.2, -0.15) is 18.2 Å². The molecular weight excluding hydrogens is 421 g/mol. The van der Waals surface area contributed by atoms with E-state index >= 15 is 0 Å². The van der Waals surface area contributed by atoms with Crippen LogP contribution in [0.3, 0.4) is 0 Å². The van der Waals surface area contributed by atoms with Gasteiger partial charge in [-0.15, -0.1) is 0 Å². The van der Waals surface area contributed by atoms with Crippen molar-refractivity contribution >= 4 is 34.5 Å². The van der Waals surface area contributed by atoms with Gasteiger partial charge in [-0.05, 0) is 24.3 Å². The van der Waals surface area contributed by atoms with E-state index in [-0.39, 0.29) is 23.0 Å². The van der Waals surface area contributed by atoms with Gasteiger partial charge < -0.3 is 10.2 Å². The number of nitro benzene ring substituents is 2. The number of benzene rings is 2. The zero-order valence-electron chi connectivity index (χ0n) is 15.7. The molecule has 0 radical (unpaired) electrons. The standard InChI is InChI=1S/C18H13F3N6O4/c1-25(12-6-8-14(9-7-12)27(30)31)17-22-10-15(18(19,20)21)16(24-17)23-11-2-4-13(5-3-11)26(28)29/h2-10H,1H3,(H,22,23,24). The first kappa shape index (κ1) is 21.4. The molecule has 1 heterocycles. The van der Waals surface area contributed by atoms with Crippen molar-refractivity contribution < 1.29 is 23.0 Å². The Balaban J connectivity index is 1.96. The van der Waals surface area contributed by atoms with Crippen molar-refractivity contribution in [1.82, 2.24) is 9.97 Å². The zero-order valence-corrected chi connectivity index (χ0v) is 15.7. The van der Waals surface area contributed by atoms with E-state index in [1.54, 1.807) is 0 Å². The van der Waals surface area contributed by atoms with E-state index in [2.05, 4.69) is 15.3 Å². The summed E-state index contributed by atoms with van der Waals surface area (Å²) >= 11 is 0. The van der Waals surface area contributed by atoms with Crippen LogP contribution in [-0.2, 0) is 6.18 Å². The second-order valence-corrected chi connectivity index (χ2v) is 6.19.